The number of pyridine rings is 1. The van der Waals surface area contributed by atoms with Gasteiger partial charge in [-0.2, -0.15) is 0 Å². The number of benzene rings is 2. The number of methoxy groups -OCH3 is 1. The molecule has 0 bridgehead atoms. The number of hydrogen-bond donors (Lipinski definition) is 2. The Morgan fingerprint density at radius 2 is 1.86 bits per heavy atom. The summed E-state index contributed by atoms with van der Waals surface area (Å²) in [5.41, 5.74) is 3.20. The molecule has 3 aromatic rings. The van der Waals surface area contributed by atoms with Crippen LogP contribution in [0.5, 0.6) is 5.75 Å². The second-order valence-electron chi connectivity index (χ2n) is 7.35. The second-order valence-corrected chi connectivity index (χ2v) is 7.35. The Morgan fingerprint density at radius 3 is 2.59 bits per heavy atom. The van der Waals surface area contributed by atoms with Crippen LogP contribution in [0.4, 0.5) is 11.4 Å². The van der Waals surface area contributed by atoms with Crippen LogP contribution < -0.4 is 15.4 Å². The van der Waals surface area contributed by atoms with Gasteiger partial charge in [0.1, 0.15) is 5.75 Å². The molecule has 6 nitrogen and oxygen atoms in total. The third-order valence-corrected chi connectivity index (χ3v) is 5.26. The van der Waals surface area contributed by atoms with Crippen molar-refractivity contribution >= 4 is 34.1 Å². The summed E-state index contributed by atoms with van der Waals surface area (Å²) >= 11 is 0. The number of nitrogens with zero attached hydrogens (tertiary/aromatic N) is 1. The number of aromatic nitrogens is 1. The minimum Gasteiger partial charge on any atom is -0.497 e. The van der Waals surface area contributed by atoms with Gasteiger partial charge >= 0.3 is 0 Å². The van der Waals surface area contributed by atoms with Gasteiger partial charge in [-0.15, -0.1) is 0 Å². The molecule has 0 radical (unpaired) electrons. The first kappa shape index (κ1) is 18.9. The summed E-state index contributed by atoms with van der Waals surface area (Å²) in [5, 5.41) is 6.59. The second kappa shape index (κ2) is 7.91. The average molecular weight is 389 g/mol. The predicted octanol–water partition coefficient (Wildman–Crippen LogP) is 4.54. The van der Waals surface area contributed by atoms with E-state index in [4.69, 9.17) is 4.74 Å². The summed E-state index contributed by atoms with van der Waals surface area (Å²) in [7, 11) is 1.58. The van der Waals surface area contributed by atoms with Crippen LogP contribution in [0.15, 0.2) is 48.5 Å². The summed E-state index contributed by atoms with van der Waals surface area (Å²) < 4.78 is 5.22. The van der Waals surface area contributed by atoms with Gasteiger partial charge < -0.3 is 15.4 Å². The standard InChI is InChI=1S/C23H23N3O3/c1-14-9-10-19-20(23(28)25-16-7-4-8-18(11-16)29-2)12-17(13-21(19)24-14)26-22(27)15-5-3-6-15/h4,7-13,15H,3,5-6H2,1-2H3,(H,25,28)(H,26,27). The van der Waals surface area contributed by atoms with E-state index in [2.05, 4.69) is 15.6 Å². The Hall–Kier alpha value is -3.41. The van der Waals surface area contributed by atoms with Crippen LogP contribution in [0.25, 0.3) is 10.9 Å². The summed E-state index contributed by atoms with van der Waals surface area (Å²) in [6.45, 7) is 1.90. The normalized spacial score (nSPS) is 13.6. The summed E-state index contributed by atoms with van der Waals surface area (Å²) in [5.74, 6) is 0.452. The highest BCUT2D eigenvalue weighted by Crippen LogP contribution is 2.29. The minimum absolute atomic E-state index is 0.00223. The van der Waals surface area contributed by atoms with Gasteiger partial charge in [0.25, 0.3) is 5.91 Å². The highest BCUT2D eigenvalue weighted by Gasteiger charge is 2.25. The Labute approximate surface area is 169 Å². The fraction of sp³-hybridized carbons (Fsp3) is 0.261. The van der Waals surface area contributed by atoms with E-state index in [0.29, 0.717) is 28.2 Å². The molecule has 2 aromatic carbocycles. The van der Waals surface area contributed by atoms with Gasteiger partial charge in [-0.25, -0.2) is 0 Å². The number of hydrogen-bond acceptors (Lipinski definition) is 4. The molecule has 1 fully saturated rings. The topological polar surface area (TPSA) is 80.3 Å². The lowest BCUT2D eigenvalue weighted by molar-refractivity contribution is -0.122. The third-order valence-electron chi connectivity index (χ3n) is 5.26. The van der Waals surface area contributed by atoms with Crippen molar-refractivity contribution in [2.45, 2.75) is 26.2 Å². The quantitative estimate of drug-likeness (QED) is 0.671. The van der Waals surface area contributed by atoms with E-state index in [0.717, 1.165) is 30.3 Å². The summed E-state index contributed by atoms with van der Waals surface area (Å²) in [6.07, 6.45) is 2.92. The van der Waals surface area contributed by atoms with Gasteiger partial charge in [0.05, 0.1) is 18.2 Å². The van der Waals surface area contributed by atoms with Crippen LogP contribution in [-0.2, 0) is 4.79 Å². The molecule has 1 aromatic heterocycles. The molecule has 0 unspecified atom stereocenters. The molecule has 0 saturated heterocycles. The number of rotatable bonds is 5. The highest BCUT2D eigenvalue weighted by molar-refractivity contribution is 6.14. The Bertz CT molecular complexity index is 1090. The van der Waals surface area contributed by atoms with E-state index in [1.54, 1.807) is 25.3 Å². The van der Waals surface area contributed by atoms with Gasteiger partial charge in [0.15, 0.2) is 0 Å². The average Bonchev–Trinajstić information content (AvgIpc) is 2.65. The van der Waals surface area contributed by atoms with E-state index >= 15 is 0 Å². The lowest BCUT2D eigenvalue weighted by atomic mass is 9.85. The van der Waals surface area contributed by atoms with Crippen LogP contribution in [-0.4, -0.2) is 23.9 Å². The van der Waals surface area contributed by atoms with Crippen molar-refractivity contribution in [3.8, 4) is 5.75 Å². The van der Waals surface area contributed by atoms with Crippen molar-refractivity contribution in [3.05, 3.63) is 59.8 Å². The molecule has 0 atom stereocenters. The van der Waals surface area contributed by atoms with Crippen molar-refractivity contribution in [2.75, 3.05) is 17.7 Å². The first-order valence-electron chi connectivity index (χ1n) is 9.71. The molecule has 1 saturated carbocycles. The third kappa shape index (κ3) is 4.06. The van der Waals surface area contributed by atoms with Crippen molar-refractivity contribution in [3.63, 3.8) is 0 Å². The van der Waals surface area contributed by atoms with Gasteiger partial charge in [-0.3, -0.25) is 14.6 Å². The summed E-state index contributed by atoms with van der Waals surface area (Å²) in [6, 6.07) is 14.5. The molecule has 29 heavy (non-hydrogen) atoms. The number of amides is 2. The fourth-order valence-corrected chi connectivity index (χ4v) is 3.41. The van der Waals surface area contributed by atoms with Gasteiger partial charge in [0, 0.05) is 34.4 Å². The molecule has 2 N–H and O–H groups in total. The van der Waals surface area contributed by atoms with Crippen LogP contribution in [0.3, 0.4) is 0 Å². The first-order chi connectivity index (χ1) is 14.0. The molecule has 0 aliphatic heterocycles. The fourth-order valence-electron chi connectivity index (χ4n) is 3.41. The van der Waals surface area contributed by atoms with Crippen LogP contribution in [0.1, 0.15) is 35.3 Å². The monoisotopic (exact) mass is 389 g/mol. The number of ether oxygens (including phenoxy) is 1. The predicted molar refractivity (Wildman–Crippen MR) is 113 cm³/mol. The zero-order valence-electron chi connectivity index (χ0n) is 16.5. The largest absolute Gasteiger partial charge is 0.497 e. The SMILES string of the molecule is COc1cccc(NC(=O)c2cc(NC(=O)C3CCC3)cc3nc(C)ccc23)c1. The van der Waals surface area contributed by atoms with E-state index in [9.17, 15) is 9.59 Å². The number of aryl methyl sites for hydroxylation is 1. The Kier molecular flexibility index (Phi) is 5.16. The molecular weight excluding hydrogens is 366 g/mol. The highest BCUT2D eigenvalue weighted by atomic mass is 16.5. The number of anilines is 2. The molecule has 148 valence electrons. The zero-order valence-corrected chi connectivity index (χ0v) is 16.5. The first-order valence-corrected chi connectivity index (χ1v) is 9.71. The molecule has 1 aliphatic rings. The van der Waals surface area contributed by atoms with Crippen molar-refractivity contribution in [2.24, 2.45) is 5.92 Å². The maximum absolute atomic E-state index is 13.1. The molecule has 4 rings (SSSR count). The van der Waals surface area contributed by atoms with Crippen LogP contribution in [0.2, 0.25) is 0 Å². The Balaban J connectivity index is 1.68. The molecule has 1 aliphatic carbocycles. The van der Waals surface area contributed by atoms with Gasteiger partial charge in [0.2, 0.25) is 5.91 Å². The zero-order chi connectivity index (χ0) is 20.4. The lowest BCUT2D eigenvalue weighted by Gasteiger charge is -2.24. The summed E-state index contributed by atoms with van der Waals surface area (Å²) in [4.78, 5) is 30.0. The number of carbonyl (C=O) groups is 2. The van der Waals surface area contributed by atoms with Gasteiger partial charge in [-0.05, 0) is 50.1 Å². The van der Waals surface area contributed by atoms with Crippen LogP contribution in [0, 0.1) is 12.8 Å². The number of fused-ring (bicyclic) bond motifs is 1. The van der Waals surface area contributed by atoms with Crippen molar-refractivity contribution in [1.82, 2.24) is 4.98 Å². The maximum atomic E-state index is 13.1. The smallest absolute Gasteiger partial charge is 0.256 e. The lowest BCUT2D eigenvalue weighted by Crippen LogP contribution is -2.28. The van der Waals surface area contributed by atoms with E-state index in [1.807, 2.05) is 37.3 Å². The number of carbonyl (C=O) groups excluding carboxylic acids is 2. The van der Waals surface area contributed by atoms with Crippen LogP contribution >= 0.6 is 0 Å². The van der Waals surface area contributed by atoms with E-state index in [-0.39, 0.29) is 17.7 Å². The van der Waals surface area contributed by atoms with Gasteiger partial charge in [-0.1, -0.05) is 18.6 Å². The molecular formula is C23H23N3O3. The maximum Gasteiger partial charge on any atom is 0.256 e. The van der Waals surface area contributed by atoms with Crippen molar-refractivity contribution in [1.29, 1.82) is 0 Å². The number of nitrogens with one attached hydrogen (secondary N) is 2. The molecule has 2 amide bonds. The van der Waals surface area contributed by atoms with E-state index in [1.165, 1.54) is 0 Å². The van der Waals surface area contributed by atoms with E-state index < -0.39 is 0 Å². The molecule has 6 heteroatoms. The molecule has 0 spiro atoms. The Morgan fingerprint density at radius 1 is 1.03 bits per heavy atom. The van der Waals surface area contributed by atoms with Crippen molar-refractivity contribution < 1.29 is 14.3 Å². The minimum atomic E-state index is -0.270. The molecule has 1 heterocycles.